The molecule has 7 heteroatoms. The van der Waals surface area contributed by atoms with Crippen molar-refractivity contribution in [3.8, 4) is 0 Å². The first-order chi connectivity index (χ1) is 12.6. The van der Waals surface area contributed by atoms with Crippen molar-refractivity contribution >= 4 is 11.9 Å². The molecule has 1 aromatic heterocycles. The molecular weight excluding hydrogens is 330 g/mol. The molecule has 1 N–H and O–H groups in total. The Kier molecular flexibility index (Phi) is 6.43. The third kappa shape index (κ3) is 4.51. The SMILES string of the molecule is C[C@H](C(=O)N1CCN(c2ncccn2)CC1)N(C)C[C@H]1CCCC[C@@H]1O. The molecule has 1 aromatic rings. The zero-order valence-corrected chi connectivity index (χ0v) is 15.9. The summed E-state index contributed by atoms with van der Waals surface area (Å²) in [6.07, 6.45) is 7.52. The Bertz CT molecular complexity index is 577. The Labute approximate surface area is 156 Å². The smallest absolute Gasteiger partial charge is 0.239 e. The number of aliphatic hydroxyl groups excluding tert-OH is 1. The van der Waals surface area contributed by atoms with Gasteiger partial charge in [-0.2, -0.15) is 0 Å². The summed E-state index contributed by atoms with van der Waals surface area (Å²) in [6, 6.07) is 1.65. The van der Waals surface area contributed by atoms with Crippen molar-refractivity contribution in [2.24, 2.45) is 5.92 Å². The lowest BCUT2D eigenvalue weighted by molar-refractivity contribution is -0.136. The molecule has 0 unspecified atom stereocenters. The molecule has 1 aliphatic carbocycles. The van der Waals surface area contributed by atoms with Crippen LogP contribution in [0.3, 0.4) is 0 Å². The number of hydrogen-bond acceptors (Lipinski definition) is 6. The predicted molar refractivity (Wildman–Crippen MR) is 101 cm³/mol. The quantitative estimate of drug-likeness (QED) is 0.843. The summed E-state index contributed by atoms with van der Waals surface area (Å²) in [7, 11) is 2.00. The van der Waals surface area contributed by atoms with E-state index < -0.39 is 0 Å². The fourth-order valence-electron chi connectivity index (χ4n) is 3.96. The highest BCUT2D eigenvalue weighted by molar-refractivity contribution is 5.81. The maximum atomic E-state index is 12.9. The van der Waals surface area contributed by atoms with Crippen molar-refractivity contribution < 1.29 is 9.90 Å². The number of carbonyl (C=O) groups is 1. The minimum Gasteiger partial charge on any atom is -0.393 e. The van der Waals surface area contributed by atoms with E-state index in [2.05, 4.69) is 19.8 Å². The van der Waals surface area contributed by atoms with Crippen LogP contribution in [-0.2, 0) is 4.79 Å². The maximum absolute atomic E-state index is 12.9. The molecule has 7 nitrogen and oxygen atoms in total. The van der Waals surface area contributed by atoms with Gasteiger partial charge in [-0.25, -0.2) is 9.97 Å². The van der Waals surface area contributed by atoms with Gasteiger partial charge in [0.2, 0.25) is 11.9 Å². The first-order valence-corrected chi connectivity index (χ1v) is 9.75. The molecule has 3 rings (SSSR count). The monoisotopic (exact) mass is 361 g/mol. The molecule has 0 radical (unpaired) electrons. The van der Waals surface area contributed by atoms with E-state index >= 15 is 0 Å². The fourth-order valence-corrected chi connectivity index (χ4v) is 3.96. The van der Waals surface area contributed by atoms with E-state index in [1.54, 1.807) is 12.4 Å². The second-order valence-corrected chi connectivity index (χ2v) is 7.59. The molecular formula is C19H31N5O2. The third-order valence-electron chi connectivity index (χ3n) is 5.84. The van der Waals surface area contributed by atoms with Crippen LogP contribution in [0.25, 0.3) is 0 Å². The maximum Gasteiger partial charge on any atom is 0.239 e. The van der Waals surface area contributed by atoms with Gasteiger partial charge in [-0.05, 0) is 38.8 Å². The number of rotatable bonds is 5. The van der Waals surface area contributed by atoms with Gasteiger partial charge in [-0.1, -0.05) is 12.8 Å². The molecule has 2 fully saturated rings. The van der Waals surface area contributed by atoms with E-state index in [9.17, 15) is 9.90 Å². The van der Waals surface area contributed by atoms with Crippen LogP contribution in [0.2, 0.25) is 0 Å². The van der Waals surface area contributed by atoms with Gasteiger partial charge in [-0.3, -0.25) is 9.69 Å². The van der Waals surface area contributed by atoms with Gasteiger partial charge in [0.05, 0.1) is 12.1 Å². The highest BCUT2D eigenvalue weighted by Gasteiger charge is 2.30. The zero-order valence-electron chi connectivity index (χ0n) is 15.9. The lowest BCUT2D eigenvalue weighted by Gasteiger charge is -2.38. The van der Waals surface area contributed by atoms with Crippen LogP contribution in [0.15, 0.2) is 18.5 Å². The number of amides is 1. The lowest BCUT2D eigenvalue weighted by Crippen LogP contribution is -2.54. The molecule has 26 heavy (non-hydrogen) atoms. The van der Waals surface area contributed by atoms with Crippen molar-refractivity contribution in [2.75, 3.05) is 44.7 Å². The van der Waals surface area contributed by atoms with Crippen molar-refractivity contribution in [3.63, 3.8) is 0 Å². The highest BCUT2D eigenvalue weighted by atomic mass is 16.3. The van der Waals surface area contributed by atoms with Crippen LogP contribution < -0.4 is 4.90 Å². The van der Waals surface area contributed by atoms with Gasteiger partial charge in [0.15, 0.2) is 0 Å². The van der Waals surface area contributed by atoms with E-state index in [4.69, 9.17) is 0 Å². The van der Waals surface area contributed by atoms with Crippen LogP contribution in [0.5, 0.6) is 0 Å². The number of aliphatic hydroxyl groups is 1. The Hall–Kier alpha value is -1.73. The van der Waals surface area contributed by atoms with E-state index in [-0.39, 0.29) is 24.0 Å². The highest BCUT2D eigenvalue weighted by Crippen LogP contribution is 2.25. The third-order valence-corrected chi connectivity index (χ3v) is 5.84. The Morgan fingerprint density at radius 3 is 2.54 bits per heavy atom. The van der Waals surface area contributed by atoms with E-state index in [1.807, 2.05) is 24.9 Å². The van der Waals surface area contributed by atoms with Gasteiger partial charge in [0, 0.05) is 45.1 Å². The van der Waals surface area contributed by atoms with E-state index in [0.717, 1.165) is 44.8 Å². The first-order valence-electron chi connectivity index (χ1n) is 9.75. The summed E-state index contributed by atoms with van der Waals surface area (Å²) in [4.78, 5) is 27.6. The average Bonchev–Trinajstić information content (AvgIpc) is 2.69. The molecule has 1 saturated heterocycles. The lowest BCUT2D eigenvalue weighted by atomic mass is 9.86. The normalized spacial score (nSPS) is 25.4. The summed E-state index contributed by atoms with van der Waals surface area (Å²) < 4.78 is 0. The van der Waals surface area contributed by atoms with Crippen LogP contribution in [0.4, 0.5) is 5.95 Å². The molecule has 2 aliphatic rings. The van der Waals surface area contributed by atoms with Crippen molar-refractivity contribution in [1.82, 2.24) is 19.8 Å². The summed E-state index contributed by atoms with van der Waals surface area (Å²) in [5, 5.41) is 10.2. The molecule has 1 aliphatic heterocycles. The Morgan fingerprint density at radius 2 is 1.88 bits per heavy atom. The first kappa shape index (κ1) is 19.0. The van der Waals surface area contributed by atoms with E-state index in [1.165, 1.54) is 6.42 Å². The summed E-state index contributed by atoms with van der Waals surface area (Å²) in [6.45, 7) is 5.67. The average molecular weight is 361 g/mol. The predicted octanol–water partition coefficient (Wildman–Crippen LogP) is 0.997. The number of anilines is 1. The molecule has 144 valence electrons. The van der Waals surface area contributed by atoms with Crippen LogP contribution in [0.1, 0.15) is 32.6 Å². The number of carbonyl (C=O) groups excluding carboxylic acids is 1. The van der Waals surface area contributed by atoms with Gasteiger partial charge in [0.25, 0.3) is 0 Å². The molecule has 2 heterocycles. The number of nitrogens with zero attached hydrogens (tertiary/aromatic N) is 5. The van der Waals surface area contributed by atoms with Gasteiger partial charge in [0.1, 0.15) is 0 Å². The van der Waals surface area contributed by atoms with Gasteiger partial charge >= 0.3 is 0 Å². The molecule has 0 aromatic carbocycles. The molecule has 3 atom stereocenters. The van der Waals surface area contributed by atoms with Crippen LogP contribution in [0, 0.1) is 5.92 Å². The number of piperazine rings is 1. The minimum absolute atomic E-state index is 0.163. The second kappa shape index (κ2) is 8.77. The zero-order chi connectivity index (χ0) is 18.5. The minimum atomic E-state index is -0.220. The van der Waals surface area contributed by atoms with Crippen LogP contribution in [-0.4, -0.2) is 82.7 Å². The second-order valence-electron chi connectivity index (χ2n) is 7.59. The summed E-state index contributed by atoms with van der Waals surface area (Å²) in [5.74, 6) is 1.19. The summed E-state index contributed by atoms with van der Waals surface area (Å²) >= 11 is 0. The molecule has 0 bridgehead atoms. The molecule has 1 saturated carbocycles. The van der Waals surface area contributed by atoms with Crippen molar-refractivity contribution in [3.05, 3.63) is 18.5 Å². The van der Waals surface area contributed by atoms with Crippen molar-refractivity contribution in [1.29, 1.82) is 0 Å². The van der Waals surface area contributed by atoms with E-state index in [0.29, 0.717) is 13.1 Å². The van der Waals surface area contributed by atoms with Gasteiger partial charge in [-0.15, -0.1) is 0 Å². The molecule has 0 spiro atoms. The Morgan fingerprint density at radius 1 is 1.23 bits per heavy atom. The number of likely N-dealkylation sites (N-methyl/N-ethyl adjacent to an activating group) is 1. The van der Waals surface area contributed by atoms with Crippen molar-refractivity contribution in [2.45, 2.75) is 44.8 Å². The summed E-state index contributed by atoms with van der Waals surface area (Å²) in [5.41, 5.74) is 0. The number of aromatic nitrogens is 2. The Balaban J connectivity index is 1.49. The standard InChI is InChI=1S/C19H31N5O2/c1-15(22(2)14-16-6-3-4-7-17(16)25)18(26)23-10-12-24(13-11-23)19-20-8-5-9-21-19/h5,8-9,15-17,25H,3-4,6-7,10-14H2,1-2H3/t15-,16-,17+/m1/s1. The molecule has 1 amide bonds. The van der Waals surface area contributed by atoms with Gasteiger partial charge < -0.3 is 14.9 Å². The fraction of sp³-hybridized carbons (Fsp3) is 0.737. The number of hydrogen-bond donors (Lipinski definition) is 1. The largest absolute Gasteiger partial charge is 0.393 e. The topological polar surface area (TPSA) is 72.8 Å². The van der Waals surface area contributed by atoms with Crippen LogP contribution >= 0.6 is 0 Å².